The average Bonchev–Trinajstić information content (AvgIpc) is 3.51. The van der Waals surface area contributed by atoms with Crippen LogP contribution < -0.4 is 20.5 Å². The largest absolute Gasteiger partial charge is 0.497 e. The smallest absolute Gasteiger partial charge is 0.351 e. The lowest BCUT2D eigenvalue weighted by molar-refractivity contribution is -0.136. The van der Waals surface area contributed by atoms with Gasteiger partial charge in [-0.25, -0.2) is 9.18 Å². The van der Waals surface area contributed by atoms with Crippen molar-refractivity contribution in [2.75, 3.05) is 19.5 Å². The molecule has 1 aliphatic rings. The Morgan fingerprint density at radius 3 is 1.84 bits per heavy atom. The topological polar surface area (TPSA) is 110 Å². The molecule has 0 radical (unpaired) electrons. The molecule has 294 valence electrons. The third-order valence-electron chi connectivity index (χ3n) is 10.8. The van der Waals surface area contributed by atoms with Crippen LogP contribution in [-0.2, 0) is 19.5 Å². The molecule has 0 aliphatic carbocycles. The van der Waals surface area contributed by atoms with Crippen LogP contribution in [0.5, 0.6) is 11.5 Å². The number of alkyl halides is 1. The number of rotatable bonds is 13. The summed E-state index contributed by atoms with van der Waals surface area (Å²) in [5.74, 6) is 0.948. The van der Waals surface area contributed by atoms with Crippen LogP contribution in [0.2, 0.25) is 18.1 Å². The SMILES string of the molecule is COc1ccc(C(O[C@@H](C)C2O[C@@H](n3ccc(NC(=O)c4ccccc4)nc3=O)[C@H](F)[C@@H]2O[Si](C)(C)C(C)(C)C)(c2ccccc2)c2ccc(OC)cc2)cc1. The second kappa shape index (κ2) is 16.5. The van der Waals surface area contributed by atoms with Crippen molar-refractivity contribution in [3.63, 3.8) is 0 Å². The second-order valence-electron chi connectivity index (χ2n) is 15.4. The zero-order valence-corrected chi connectivity index (χ0v) is 34.1. The van der Waals surface area contributed by atoms with Crippen molar-refractivity contribution in [3.8, 4) is 11.5 Å². The summed E-state index contributed by atoms with van der Waals surface area (Å²) in [5.41, 5.74) is 0.791. The van der Waals surface area contributed by atoms with Gasteiger partial charge in [-0.2, -0.15) is 4.98 Å². The minimum Gasteiger partial charge on any atom is -0.497 e. The van der Waals surface area contributed by atoms with Crippen molar-refractivity contribution in [2.24, 2.45) is 0 Å². The highest BCUT2D eigenvalue weighted by molar-refractivity contribution is 6.74. The summed E-state index contributed by atoms with van der Waals surface area (Å²) in [6.45, 7) is 12.2. The highest BCUT2D eigenvalue weighted by Crippen LogP contribution is 2.47. The summed E-state index contributed by atoms with van der Waals surface area (Å²) in [6, 6.07) is 35.1. The van der Waals surface area contributed by atoms with Gasteiger partial charge in [0.25, 0.3) is 5.91 Å². The van der Waals surface area contributed by atoms with Crippen molar-refractivity contribution >= 4 is 20.0 Å². The predicted molar refractivity (Wildman–Crippen MR) is 217 cm³/mol. The van der Waals surface area contributed by atoms with Crippen LogP contribution >= 0.6 is 0 Å². The number of nitrogens with one attached hydrogen (secondary N) is 1. The number of hydrogen-bond acceptors (Lipinski definition) is 8. The maximum absolute atomic E-state index is 17.2. The number of amides is 1. The summed E-state index contributed by atoms with van der Waals surface area (Å²) in [7, 11) is 0.595. The number of halogens is 1. The van der Waals surface area contributed by atoms with Gasteiger partial charge in [-0.15, -0.1) is 0 Å². The molecule has 1 saturated heterocycles. The summed E-state index contributed by atoms with van der Waals surface area (Å²) in [6.07, 6.45) is -4.70. The van der Waals surface area contributed by atoms with Gasteiger partial charge >= 0.3 is 5.69 Å². The van der Waals surface area contributed by atoms with Gasteiger partial charge in [0, 0.05) is 11.8 Å². The Labute approximate surface area is 328 Å². The Morgan fingerprint density at radius 2 is 1.34 bits per heavy atom. The van der Waals surface area contributed by atoms with Crippen LogP contribution in [0, 0.1) is 0 Å². The van der Waals surface area contributed by atoms with Gasteiger partial charge in [0.15, 0.2) is 20.7 Å². The van der Waals surface area contributed by atoms with E-state index in [9.17, 15) is 9.59 Å². The molecule has 0 bridgehead atoms. The number of carbonyl (C=O) groups excluding carboxylic acids is 1. The molecule has 0 spiro atoms. The van der Waals surface area contributed by atoms with E-state index >= 15 is 4.39 Å². The fourth-order valence-corrected chi connectivity index (χ4v) is 8.03. The molecule has 1 unspecified atom stereocenters. The molecule has 5 aromatic rings. The summed E-state index contributed by atoms with van der Waals surface area (Å²) < 4.78 is 50.1. The number of nitrogens with zero attached hydrogens (tertiary/aromatic N) is 2. The quantitative estimate of drug-likeness (QED) is 0.0936. The number of methoxy groups -OCH3 is 2. The second-order valence-corrected chi connectivity index (χ2v) is 20.2. The van der Waals surface area contributed by atoms with E-state index < -0.39 is 56.2 Å². The minimum atomic E-state index is -2.63. The molecule has 1 aliphatic heterocycles. The summed E-state index contributed by atoms with van der Waals surface area (Å²) >= 11 is 0. The maximum Gasteiger partial charge on any atom is 0.351 e. The van der Waals surface area contributed by atoms with E-state index in [1.165, 1.54) is 12.3 Å². The van der Waals surface area contributed by atoms with Gasteiger partial charge in [0.1, 0.15) is 35.1 Å². The molecule has 10 nitrogen and oxygen atoms in total. The molecule has 2 heterocycles. The molecule has 4 aromatic carbocycles. The molecule has 1 aromatic heterocycles. The fourth-order valence-electron chi connectivity index (χ4n) is 6.73. The van der Waals surface area contributed by atoms with Crippen molar-refractivity contribution in [1.29, 1.82) is 0 Å². The number of anilines is 1. The van der Waals surface area contributed by atoms with Crippen molar-refractivity contribution < 1.29 is 32.6 Å². The molecule has 6 rings (SSSR count). The van der Waals surface area contributed by atoms with Crippen LogP contribution in [0.15, 0.2) is 126 Å². The average molecular weight is 780 g/mol. The predicted octanol–water partition coefficient (Wildman–Crippen LogP) is 8.54. The first kappa shape index (κ1) is 40.5. The third kappa shape index (κ3) is 8.19. The van der Waals surface area contributed by atoms with Crippen molar-refractivity contribution in [3.05, 3.63) is 154 Å². The fraction of sp³-hybridized carbons (Fsp3) is 0.341. The zero-order chi connectivity index (χ0) is 40.3. The van der Waals surface area contributed by atoms with Crippen LogP contribution in [0.4, 0.5) is 10.2 Å². The van der Waals surface area contributed by atoms with Gasteiger partial charge in [-0.05, 0) is 84.2 Å². The lowest BCUT2D eigenvalue weighted by atomic mass is 9.79. The molecule has 1 fully saturated rings. The van der Waals surface area contributed by atoms with E-state index in [1.54, 1.807) is 44.6 Å². The van der Waals surface area contributed by atoms with Crippen molar-refractivity contribution in [1.82, 2.24) is 9.55 Å². The van der Waals surface area contributed by atoms with Crippen LogP contribution in [0.25, 0.3) is 0 Å². The Kier molecular flexibility index (Phi) is 12.0. The lowest BCUT2D eigenvalue weighted by Gasteiger charge is -2.42. The van der Waals surface area contributed by atoms with E-state index in [0.29, 0.717) is 17.1 Å². The maximum atomic E-state index is 17.2. The zero-order valence-electron chi connectivity index (χ0n) is 33.1. The van der Waals surface area contributed by atoms with E-state index in [4.69, 9.17) is 23.4 Å². The van der Waals surface area contributed by atoms with Gasteiger partial charge in [0.05, 0.1) is 20.3 Å². The van der Waals surface area contributed by atoms with E-state index in [0.717, 1.165) is 21.3 Å². The van der Waals surface area contributed by atoms with Crippen molar-refractivity contribution in [2.45, 2.75) is 82.1 Å². The number of hydrogen-bond donors (Lipinski definition) is 1. The number of aromatic nitrogens is 2. The first-order valence-corrected chi connectivity index (χ1v) is 21.5. The van der Waals surface area contributed by atoms with E-state index in [-0.39, 0.29) is 10.9 Å². The van der Waals surface area contributed by atoms with Gasteiger partial charge < -0.3 is 28.7 Å². The standard InChI is InChI=1S/C44H50FN3O7Si/c1-29(54-44(31-17-13-10-14-18-31,32-19-23-34(51-5)24-20-32)33-21-25-35(52-6)26-22-33)38-39(55-56(7,8)43(2,3)4)37(45)41(53-38)48-28-27-36(47-42(48)50)46-40(49)30-15-11-9-12-16-30/h9-29,37-39,41H,1-8H3,(H,46,47,49,50)/t29-,37+,38?,39-,41+/m0/s1. The molecule has 1 amide bonds. The first-order chi connectivity index (χ1) is 26.7. The van der Waals surface area contributed by atoms with E-state index in [1.807, 2.05) is 85.8 Å². The molecule has 12 heteroatoms. The Hall–Kier alpha value is -5.14. The van der Waals surface area contributed by atoms with Gasteiger partial charge in [-0.3, -0.25) is 9.36 Å². The Bertz CT molecular complexity index is 2100. The first-order valence-electron chi connectivity index (χ1n) is 18.6. The minimum absolute atomic E-state index is 0.0301. The molecule has 56 heavy (non-hydrogen) atoms. The van der Waals surface area contributed by atoms with Gasteiger partial charge in [-0.1, -0.05) is 93.6 Å². The number of ether oxygens (including phenoxy) is 4. The molecular weight excluding hydrogens is 730 g/mol. The number of carbonyl (C=O) groups is 1. The monoisotopic (exact) mass is 779 g/mol. The highest BCUT2D eigenvalue weighted by atomic mass is 28.4. The van der Waals surface area contributed by atoms with Crippen LogP contribution in [-0.4, -0.2) is 62.5 Å². The lowest BCUT2D eigenvalue weighted by Crippen LogP contribution is -2.51. The third-order valence-corrected chi connectivity index (χ3v) is 15.3. The molecule has 1 N–H and O–H groups in total. The summed E-state index contributed by atoms with van der Waals surface area (Å²) in [4.78, 5) is 30.4. The van der Waals surface area contributed by atoms with Crippen LogP contribution in [0.3, 0.4) is 0 Å². The highest BCUT2D eigenvalue weighted by Gasteiger charge is 2.55. The molecule has 0 saturated carbocycles. The molecular formula is C44H50FN3O7Si. The number of benzene rings is 4. The van der Waals surface area contributed by atoms with E-state index in [2.05, 4.69) is 44.2 Å². The Morgan fingerprint density at radius 1 is 0.821 bits per heavy atom. The normalized spacial score (nSPS) is 19.3. The molecule has 5 atom stereocenters. The van der Waals surface area contributed by atoms with Gasteiger partial charge in [0.2, 0.25) is 0 Å². The summed E-state index contributed by atoms with van der Waals surface area (Å²) in [5, 5.41) is 2.38. The Balaban J connectivity index is 1.42. The van der Waals surface area contributed by atoms with Crippen LogP contribution in [0.1, 0.15) is 61.0 Å².